The lowest BCUT2D eigenvalue weighted by Gasteiger charge is -2.03. The predicted octanol–water partition coefficient (Wildman–Crippen LogP) is 3.52. The molecule has 74 valence electrons. The van der Waals surface area contributed by atoms with E-state index in [2.05, 4.69) is 12.5 Å². The minimum atomic E-state index is 0.679. The largest absolute Gasteiger partial charge is 0.464 e. The van der Waals surface area contributed by atoms with Crippen LogP contribution >= 0.6 is 0 Å². The first-order valence-corrected chi connectivity index (χ1v) is 4.62. The zero-order chi connectivity index (χ0) is 11.0. The monoisotopic (exact) mass is 188 g/mol. The minimum absolute atomic E-state index is 0.679. The Labute approximate surface area is 86.4 Å². The van der Waals surface area contributed by atoms with Gasteiger partial charge < -0.3 is 4.74 Å². The smallest absolute Gasteiger partial charge is 0.142 e. The van der Waals surface area contributed by atoms with Gasteiger partial charge in [-0.25, -0.2) is 0 Å². The van der Waals surface area contributed by atoms with Crippen molar-refractivity contribution < 1.29 is 4.74 Å². The molecule has 0 saturated heterocycles. The molecule has 0 heterocycles. The molecular formula is C13H16O. The van der Waals surface area contributed by atoms with Crippen LogP contribution < -0.4 is 4.74 Å². The lowest BCUT2D eigenvalue weighted by Crippen LogP contribution is -1.86. The molecule has 0 unspecified atom stereocenters. The van der Waals surface area contributed by atoms with Crippen LogP contribution in [0.25, 0.3) is 0 Å². The topological polar surface area (TPSA) is 9.23 Å². The highest BCUT2D eigenvalue weighted by Gasteiger charge is 1.98. The van der Waals surface area contributed by atoms with E-state index in [1.165, 1.54) is 6.26 Å². The van der Waals surface area contributed by atoms with E-state index < -0.39 is 0 Å². The molecule has 1 rings (SSSR count). The lowest BCUT2D eigenvalue weighted by atomic mass is 10.1. The molecule has 0 fully saturated rings. The van der Waals surface area contributed by atoms with E-state index in [0.717, 1.165) is 11.1 Å². The van der Waals surface area contributed by atoms with Crippen molar-refractivity contribution in [1.29, 1.82) is 0 Å². The summed E-state index contributed by atoms with van der Waals surface area (Å²) in [6.07, 6.45) is 6.65. The van der Waals surface area contributed by atoms with Crippen LogP contribution in [0.15, 0.2) is 31.0 Å². The second-order valence-corrected chi connectivity index (χ2v) is 2.43. The molecule has 1 heteroatoms. The summed E-state index contributed by atoms with van der Waals surface area (Å²) in [6, 6.07) is 5.69. The Bertz CT molecular complexity index is 332. The predicted molar refractivity (Wildman–Crippen MR) is 61.3 cm³/mol. The third-order valence-corrected chi connectivity index (χ3v) is 1.50. The first-order chi connectivity index (χ1) is 6.77. The molecule has 0 bridgehead atoms. The second kappa shape index (κ2) is 6.80. The normalized spacial score (nSPS) is 7.86. The maximum absolute atomic E-state index is 5.29. The van der Waals surface area contributed by atoms with Crippen molar-refractivity contribution in [2.24, 2.45) is 0 Å². The maximum Gasteiger partial charge on any atom is 0.142 e. The summed E-state index contributed by atoms with van der Waals surface area (Å²) in [5, 5.41) is 0. The van der Waals surface area contributed by atoms with Gasteiger partial charge in [-0.1, -0.05) is 32.4 Å². The summed E-state index contributed by atoms with van der Waals surface area (Å²) in [6.45, 7) is 9.45. The van der Waals surface area contributed by atoms with Crippen LogP contribution in [-0.2, 0) is 0 Å². The molecule has 0 aliphatic rings. The van der Waals surface area contributed by atoms with Gasteiger partial charge in [0.25, 0.3) is 0 Å². The molecule has 0 atom stereocenters. The van der Waals surface area contributed by atoms with Crippen molar-refractivity contribution >= 4 is 0 Å². The molecule has 0 saturated carbocycles. The van der Waals surface area contributed by atoms with Crippen molar-refractivity contribution in [3.05, 3.63) is 42.2 Å². The zero-order valence-electron chi connectivity index (χ0n) is 9.00. The third kappa shape index (κ3) is 3.37. The summed E-state index contributed by atoms with van der Waals surface area (Å²) >= 11 is 0. The minimum Gasteiger partial charge on any atom is -0.464 e. The lowest BCUT2D eigenvalue weighted by molar-refractivity contribution is 0.482. The zero-order valence-corrected chi connectivity index (χ0v) is 9.00. The van der Waals surface area contributed by atoms with Crippen LogP contribution in [0.4, 0.5) is 0 Å². The molecule has 0 aromatic heterocycles. The van der Waals surface area contributed by atoms with Crippen LogP contribution in [0.3, 0.4) is 0 Å². The van der Waals surface area contributed by atoms with Crippen molar-refractivity contribution in [3.63, 3.8) is 0 Å². The maximum atomic E-state index is 5.29. The molecule has 0 aliphatic heterocycles. The number of hydrogen-bond acceptors (Lipinski definition) is 1. The van der Waals surface area contributed by atoms with Crippen molar-refractivity contribution in [2.75, 3.05) is 0 Å². The van der Waals surface area contributed by atoms with Crippen molar-refractivity contribution in [2.45, 2.75) is 20.8 Å². The van der Waals surface area contributed by atoms with E-state index in [0.29, 0.717) is 5.75 Å². The number of benzene rings is 1. The number of terminal acetylenes is 1. The highest BCUT2D eigenvalue weighted by Crippen LogP contribution is 2.18. The molecule has 14 heavy (non-hydrogen) atoms. The molecule has 1 nitrogen and oxygen atoms in total. The fourth-order valence-corrected chi connectivity index (χ4v) is 0.949. The highest BCUT2D eigenvalue weighted by atomic mass is 16.5. The van der Waals surface area contributed by atoms with Crippen LogP contribution in [0, 0.1) is 19.3 Å². The summed E-state index contributed by atoms with van der Waals surface area (Å²) in [4.78, 5) is 0. The van der Waals surface area contributed by atoms with Crippen LogP contribution in [-0.4, -0.2) is 0 Å². The van der Waals surface area contributed by atoms with Gasteiger partial charge in [0.2, 0.25) is 0 Å². The number of rotatable bonds is 2. The van der Waals surface area contributed by atoms with E-state index in [-0.39, 0.29) is 0 Å². The second-order valence-electron chi connectivity index (χ2n) is 2.43. The Hall–Kier alpha value is -1.68. The molecular weight excluding hydrogens is 172 g/mol. The molecule has 0 aliphatic carbocycles. The first kappa shape index (κ1) is 12.3. The molecule has 0 radical (unpaired) electrons. The number of aryl methyl sites for hydroxylation is 1. The van der Waals surface area contributed by atoms with Crippen molar-refractivity contribution in [3.8, 4) is 18.1 Å². The quantitative estimate of drug-likeness (QED) is 0.509. The van der Waals surface area contributed by atoms with Gasteiger partial charge in [-0.15, -0.1) is 6.42 Å². The van der Waals surface area contributed by atoms with Gasteiger partial charge in [-0.05, 0) is 24.6 Å². The van der Waals surface area contributed by atoms with Crippen molar-refractivity contribution in [1.82, 2.24) is 0 Å². The van der Waals surface area contributed by atoms with Crippen LogP contribution in [0.1, 0.15) is 25.0 Å². The van der Waals surface area contributed by atoms with Gasteiger partial charge in [-0.3, -0.25) is 0 Å². The van der Waals surface area contributed by atoms with E-state index in [1.54, 1.807) is 0 Å². The third-order valence-electron chi connectivity index (χ3n) is 1.50. The standard InChI is InChI=1S/C11H10O.C2H6/c1-4-10-8-9(3)6-7-11(10)12-5-2;1-2/h1,5-8H,2H2,3H3;1-2H3. The fraction of sp³-hybridized carbons (Fsp3) is 0.231. The Morgan fingerprint density at radius 2 is 2.07 bits per heavy atom. The summed E-state index contributed by atoms with van der Waals surface area (Å²) in [5.74, 6) is 3.23. The van der Waals surface area contributed by atoms with Crippen LogP contribution in [0.5, 0.6) is 5.75 Å². The van der Waals surface area contributed by atoms with E-state index in [1.807, 2.05) is 39.0 Å². The SMILES string of the molecule is C#Cc1cc(C)ccc1OC=C.CC. The summed E-state index contributed by atoms with van der Waals surface area (Å²) in [5.41, 5.74) is 1.88. The summed E-state index contributed by atoms with van der Waals surface area (Å²) in [7, 11) is 0. The van der Waals surface area contributed by atoms with E-state index in [4.69, 9.17) is 11.2 Å². The van der Waals surface area contributed by atoms with Crippen LogP contribution in [0.2, 0.25) is 0 Å². The molecule has 0 N–H and O–H groups in total. The number of ether oxygens (including phenoxy) is 1. The first-order valence-electron chi connectivity index (χ1n) is 4.62. The Morgan fingerprint density at radius 1 is 1.43 bits per heavy atom. The molecule has 0 amide bonds. The fourth-order valence-electron chi connectivity index (χ4n) is 0.949. The molecule has 1 aromatic carbocycles. The Morgan fingerprint density at radius 3 is 2.57 bits per heavy atom. The van der Waals surface area contributed by atoms with Gasteiger partial charge in [0.05, 0.1) is 11.8 Å². The average molecular weight is 188 g/mol. The average Bonchev–Trinajstić information content (AvgIpc) is 2.24. The molecule has 1 aromatic rings. The van der Waals surface area contributed by atoms with Gasteiger partial charge in [0.15, 0.2) is 0 Å². The Kier molecular flexibility index (Phi) is 5.98. The summed E-state index contributed by atoms with van der Waals surface area (Å²) < 4.78 is 5.10. The highest BCUT2D eigenvalue weighted by molar-refractivity contribution is 5.47. The Balaban J connectivity index is 0.000000791. The van der Waals surface area contributed by atoms with E-state index >= 15 is 0 Å². The van der Waals surface area contributed by atoms with Gasteiger partial charge >= 0.3 is 0 Å². The van der Waals surface area contributed by atoms with Gasteiger partial charge in [0.1, 0.15) is 5.75 Å². The molecule has 0 spiro atoms. The number of hydrogen-bond donors (Lipinski definition) is 0. The van der Waals surface area contributed by atoms with E-state index in [9.17, 15) is 0 Å². The van der Waals surface area contributed by atoms with Gasteiger partial charge in [0, 0.05) is 0 Å². The van der Waals surface area contributed by atoms with Gasteiger partial charge in [-0.2, -0.15) is 0 Å².